The highest BCUT2D eigenvalue weighted by Gasteiger charge is 2.30. The molecule has 4 nitrogen and oxygen atoms in total. The molecule has 2 atom stereocenters. The molecule has 1 aromatic carbocycles. The van der Waals surface area contributed by atoms with Gasteiger partial charge in [0.1, 0.15) is 0 Å². The Hall–Kier alpha value is -2.83. The minimum absolute atomic E-state index is 0.147. The third-order valence-corrected chi connectivity index (χ3v) is 6.00. The topological polar surface area (TPSA) is 46.4 Å². The van der Waals surface area contributed by atoms with Crippen LogP contribution in [0.4, 0.5) is 13.2 Å². The second-order valence-electron chi connectivity index (χ2n) is 8.01. The summed E-state index contributed by atoms with van der Waals surface area (Å²) >= 11 is 0. The number of aromatic nitrogens is 2. The second kappa shape index (κ2) is 8.13. The number of fused-ring (bicyclic) bond motifs is 1. The molecule has 0 saturated heterocycles. The normalized spacial score (nSPS) is 19.3. The molecule has 1 N–H and O–H groups in total. The van der Waals surface area contributed by atoms with Crippen molar-refractivity contribution in [2.45, 2.75) is 51.2 Å². The highest BCUT2D eigenvalue weighted by Crippen LogP contribution is 2.30. The predicted molar refractivity (Wildman–Crippen MR) is 108 cm³/mol. The van der Waals surface area contributed by atoms with Crippen LogP contribution in [0, 0.1) is 5.92 Å². The molecule has 1 saturated carbocycles. The van der Waals surface area contributed by atoms with E-state index in [1.165, 1.54) is 12.1 Å². The van der Waals surface area contributed by atoms with Crippen LogP contribution in [0.15, 0.2) is 48.8 Å². The van der Waals surface area contributed by atoms with E-state index >= 15 is 0 Å². The summed E-state index contributed by atoms with van der Waals surface area (Å²) < 4.78 is 40.1. The third kappa shape index (κ3) is 4.20. The lowest BCUT2D eigenvalue weighted by Crippen LogP contribution is -2.33. The van der Waals surface area contributed by atoms with Crippen molar-refractivity contribution in [2.75, 3.05) is 0 Å². The first kappa shape index (κ1) is 20.4. The van der Waals surface area contributed by atoms with Crippen molar-refractivity contribution in [3.63, 3.8) is 0 Å². The fraction of sp³-hybridized carbons (Fsp3) is 0.391. The van der Waals surface area contributed by atoms with Crippen molar-refractivity contribution >= 4 is 11.4 Å². The number of nitrogens with zero attached hydrogens (tertiary/aromatic N) is 2. The fourth-order valence-electron chi connectivity index (χ4n) is 4.30. The first-order valence-electron chi connectivity index (χ1n) is 10.3. The van der Waals surface area contributed by atoms with Crippen LogP contribution in [0.3, 0.4) is 0 Å². The lowest BCUT2D eigenvalue weighted by Gasteiger charge is -2.13. The molecule has 158 valence electrons. The third-order valence-electron chi connectivity index (χ3n) is 6.00. The smallest absolute Gasteiger partial charge is 0.349 e. The molecule has 0 radical (unpaired) electrons. The van der Waals surface area contributed by atoms with Gasteiger partial charge < -0.3 is 5.32 Å². The van der Waals surface area contributed by atoms with E-state index in [-0.39, 0.29) is 11.9 Å². The number of nitrogens with one attached hydrogen (secondary N) is 1. The van der Waals surface area contributed by atoms with Gasteiger partial charge in [0.05, 0.1) is 22.8 Å². The molecule has 30 heavy (non-hydrogen) atoms. The minimum Gasteiger partial charge on any atom is -0.349 e. The quantitative estimate of drug-likeness (QED) is 0.619. The van der Waals surface area contributed by atoms with E-state index in [2.05, 4.69) is 17.3 Å². The zero-order valence-electron chi connectivity index (χ0n) is 16.7. The Kier molecular flexibility index (Phi) is 5.54. The molecule has 0 spiro atoms. The van der Waals surface area contributed by atoms with Gasteiger partial charge in [-0.15, -0.1) is 0 Å². The Morgan fingerprint density at radius 3 is 2.63 bits per heavy atom. The number of benzene rings is 1. The minimum atomic E-state index is -4.35. The van der Waals surface area contributed by atoms with Gasteiger partial charge in [-0.25, -0.2) is 4.52 Å². The molecule has 4 rings (SSSR count). The number of hydrogen-bond donors (Lipinski definition) is 1. The van der Waals surface area contributed by atoms with E-state index in [0.29, 0.717) is 23.4 Å². The van der Waals surface area contributed by atoms with Crippen molar-refractivity contribution < 1.29 is 18.0 Å². The second-order valence-corrected chi connectivity index (χ2v) is 8.01. The summed E-state index contributed by atoms with van der Waals surface area (Å²) in [5.41, 5.74) is 2.11. The SMILES string of the molecule is CCC1CCC(NC(=O)c2cnn3cccc(Cc4ccc(C(F)(F)F)cc4)c23)C1. The lowest BCUT2D eigenvalue weighted by molar-refractivity contribution is -0.137. The average Bonchev–Trinajstić information content (AvgIpc) is 3.35. The summed E-state index contributed by atoms with van der Waals surface area (Å²) in [7, 11) is 0. The van der Waals surface area contributed by atoms with Gasteiger partial charge in [-0.1, -0.05) is 31.5 Å². The number of hydrogen-bond acceptors (Lipinski definition) is 2. The molecular formula is C23H24F3N3O. The molecule has 3 aromatic rings. The van der Waals surface area contributed by atoms with Crippen molar-refractivity contribution in [2.24, 2.45) is 5.92 Å². The van der Waals surface area contributed by atoms with Crippen LogP contribution in [0.2, 0.25) is 0 Å². The van der Waals surface area contributed by atoms with Gasteiger partial charge >= 0.3 is 6.18 Å². The van der Waals surface area contributed by atoms with Gasteiger partial charge in [0.25, 0.3) is 5.91 Å². The molecule has 1 aliphatic carbocycles. The van der Waals surface area contributed by atoms with E-state index in [9.17, 15) is 18.0 Å². The van der Waals surface area contributed by atoms with E-state index in [4.69, 9.17) is 0 Å². The number of alkyl halides is 3. The predicted octanol–water partition coefficient (Wildman–Crippen LogP) is 5.25. The van der Waals surface area contributed by atoms with Crippen LogP contribution in [-0.4, -0.2) is 21.6 Å². The Labute approximate surface area is 173 Å². The van der Waals surface area contributed by atoms with Gasteiger partial charge in [0, 0.05) is 12.2 Å². The van der Waals surface area contributed by atoms with E-state index < -0.39 is 11.7 Å². The Bertz CT molecular complexity index is 1040. The maximum atomic E-state index is 12.9. The maximum absolute atomic E-state index is 12.9. The van der Waals surface area contributed by atoms with E-state index in [0.717, 1.165) is 48.9 Å². The van der Waals surface area contributed by atoms with Gasteiger partial charge in [-0.3, -0.25) is 4.79 Å². The first-order valence-corrected chi connectivity index (χ1v) is 10.3. The zero-order valence-corrected chi connectivity index (χ0v) is 16.7. The number of carbonyl (C=O) groups excluding carboxylic acids is 1. The van der Waals surface area contributed by atoms with Gasteiger partial charge in [-0.05, 0) is 60.9 Å². The Morgan fingerprint density at radius 1 is 1.20 bits per heavy atom. The van der Waals surface area contributed by atoms with Crippen LogP contribution in [0.25, 0.3) is 5.52 Å². The van der Waals surface area contributed by atoms with Crippen molar-refractivity contribution in [1.29, 1.82) is 0 Å². The number of halogens is 3. The molecule has 0 aliphatic heterocycles. The van der Waals surface area contributed by atoms with Gasteiger partial charge in [0.15, 0.2) is 0 Å². The maximum Gasteiger partial charge on any atom is 0.416 e. The molecule has 2 heterocycles. The van der Waals surface area contributed by atoms with Crippen molar-refractivity contribution in [1.82, 2.24) is 14.9 Å². The molecule has 1 aliphatic rings. The van der Waals surface area contributed by atoms with E-state index in [1.807, 2.05) is 12.1 Å². The molecule has 7 heteroatoms. The van der Waals surface area contributed by atoms with Crippen LogP contribution in [-0.2, 0) is 12.6 Å². The van der Waals surface area contributed by atoms with Crippen LogP contribution >= 0.6 is 0 Å². The standard InChI is InChI=1S/C23H24F3N3O/c1-2-15-7-10-19(13-15)28-22(30)20-14-27-29-11-3-4-17(21(20)29)12-16-5-8-18(9-6-16)23(24,25)26/h3-6,8-9,11,14-15,19H,2,7,10,12-13H2,1H3,(H,28,30). The van der Waals surface area contributed by atoms with Crippen molar-refractivity contribution in [3.05, 3.63) is 71.0 Å². The molecule has 1 amide bonds. The molecule has 1 fully saturated rings. The summed E-state index contributed by atoms with van der Waals surface area (Å²) in [6.45, 7) is 2.17. The van der Waals surface area contributed by atoms with Crippen molar-refractivity contribution in [3.8, 4) is 0 Å². The monoisotopic (exact) mass is 415 g/mol. The van der Waals surface area contributed by atoms with Crippen LogP contribution < -0.4 is 5.32 Å². The summed E-state index contributed by atoms with van der Waals surface area (Å²) in [4.78, 5) is 12.9. The fourth-order valence-corrected chi connectivity index (χ4v) is 4.30. The summed E-state index contributed by atoms with van der Waals surface area (Å²) in [5.74, 6) is 0.515. The zero-order chi connectivity index (χ0) is 21.3. The first-order chi connectivity index (χ1) is 14.3. The highest BCUT2D eigenvalue weighted by atomic mass is 19.4. The van der Waals surface area contributed by atoms with Gasteiger partial charge in [0.2, 0.25) is 0 Å². The molecule has 0 bridgehead atoms. The van der Waals surface area contributed by atoms with Crippen LogP contribution in [0.1, 0.15) is 59.7 Å². The van der Waals surface area contributed by atoms with E-state index in [1.54, 1.807) is 16.9 Å². The number of rotatable bonds is 5. The molecule has 2 unspecified atom stereocenters. The number of amides is 1. The highest BCUT2D eigenvalue weighted by molar-refractivity contribution is 6.01. The van der Waals surface area contributed by atoms with Crippen LogP contribution in [0.5, 0.6) is 0 Å². The lowest BCUT2D eigenvalue weighted by atomic mass is 10.0. The largest absolute Gasteiger partial charge is 0.416 e. The summed E-state index contributed by atoms with van der Waals surface area (Å²) in [6, 6.07) is 9.02. The summed E-state index contributed by atoms with van der Waals surface area (Å²) in [6.07, 6.45) is 3.64. The average molecular weight is 415 g/mol. The Balaban J connectivity index is 1.57. The van der Waals surface area contributed by atoms with Gasteiger partial charge in [-0.2, -0.15) is 18.3 Å². The number of carbonyl (C=O) groups is 1. The molecular weight excluding hydrogens is 391 g/mol. The summed E-state index contributed by atoms with van der Waals surface area (Å²) in [5, 5.41) is 7.44. The molecule has 2 aromatic heterocycles. The Morgan fingerprint density at radius 2 is 1.97 bits per heavy atom. The number of pyridine rings is 1.